The lowest BCUT2D eigenvalue weighted by Crippen LogP contribution is -2.29. The zero-order valence-corrected chi connectivity index (χ0v) is 36.7. The molecule has 0 heterocycles. The Balaban J connectivity index is 4.34. The first-order valence-corrected chi connectivity index (χ1v) is 23.2. The Kier molecular flexibility index (Phi) is 39.8. The molecule has 0 aliphatic heterocycles. The van der Waals surface area contributed by atoms with Crippen molar-refractivity contribution < 1.29 is 42.7 Å². The number of phosphoric ester groups is 1. The van der Waals surface area contributed by atoms with Gasteiger partial charge in [0.05, 0.1) is 19.3 Å². The number of rotatable bonds is 39. The Labute approximate surface area is 351 Å². The van der Waals surface area contributed by atoms with Crippen LogP contribution in [0.15, 0.2) is 97.2 Å². The number of ether oxygens (including phenoxy) is 2. The summed E-state index contributed by atoms with van der Waals surface area (Å²) < 4.78 is 32.7. The first-order chi connectivity index (χ1) is 28.2. The van der Waals surface area contributed by atoms with Crippen LogP contribution in [0.1, 0.15) is 149 Å². The molecule has 3 atom stereocenters. The molecule has 0 aromatic heterocycles. The number of phosphoric acid groups is 1. The van der Waals surface area contributed by atoms with Crippen LogP contribution in [0, 0.1) is 0 Å². The molecule has 0 aliphatic rings. The van der Waals surface area contributed by atoms with Crippen LogP contribution in [0.3, 0.4) is 0 Å². The molecule has 0 fully saturated rings. The largest absolute Gasteiger partial charge is 0.472 e. The molecule has 0 bridgehead atoms. The lowest BCUT2D eigenvalue weighted by Gasteiger charge is -2.19. The van der Waals surface area contributed by atoms with E-state index in [9.17, 15) is 24.2 Å². The van der Waals surface area contributed by atoms with Crippen molar-refractivity contribution >= 4 is 19.8 Å². The highest BCUT2D eigenvalue weighted by atomic mass is 31.2. The topological polar surface area (TPSA) is 155 Å². The SMILES string of the molecule is CCCCC/C=C\C/C=C\C/C=C\C/C=C\CCCCCC(=O)OC[C@H](COP(=O)(O)OCCN)OC(=O)CCC/C=C\C/C=C\C/C=C\C/C=C\CCC[C@H](C)O. The van der Waals surface area contributed by atoms with E-state index in [0.717, 1.165) is 77.0 Å². The van der Waals surface area contributed by atoms with Crippen molar-refractivity contribution in [1.29, 1.82) is 0 Å². The maximum Gasteiger partial charge on any atom is 0.472 e. The lowest BCUT2D eigenvalue weighted by atomic mass is 10.1. The zero-order chi connectivity index (χ0) is 42.6. The Morgan fingerprint density at radius 1 is 0.586 bits per heavy atom. The van der Waals surface area contributed by atoms with E-state index >= 15 is 0 Å². The van der Waals surface area contributed by atoms with Crippen molar-refractivity contribution in [3.05, 3.63) is 97.2 Å². The number of aliphatic hydroxyl groups excluding tert-OH is 1. The molecule has 0 rings (SSSR count). The van der Waals surface area contributed by atoms with E-state index in [1.54, 1.807) is 0 Å². The normalized spacial score (nSPS) is 14.8. The number of nitrogens with two attached hydrogens (primary N) is 1. The van der Waals surface area contributed by atoms with E-state index in [1.807, 2.05) is 19.1 Å². The second kappa shape index (κ2) is 42.0. The third-order valence-electron chi connectivity index (χ3n) is 8.46. The van der Waals surface area contributed by atoms with Crippen molar-refractivity contribution in [1.82, 2.24) is 0 Å². The molecule has 0 saturated heterocycles. The minimum absolute atomic E-state index is 0.0292. The number of hydrogen-bond donors (Lipinski definition) is 3. The van der Waals surface area contributed by atoms with Gasteiger partial charge in [-0.15, -0.1) is 0 Å². The van der Waals surface area contributed by atoms with Gasteiger partial charge >= 0.3 is 19.8 Å². The molecular weight excluding hydrogens is 753 g/mol. The summed E-state index contributed by atoms with van der Waals surface area (Å²) in [5, 5.41) is 9.27. The number of carbonyl (C=O) groups is 2. The number of unbranched alkanes of at least 4 members (excludes halogenated alkanes) is 8. The Morgan fingerprint density at radius 3 is 1.52 bits per heavy atom. The van der Waals surface area contributed by atoms with E-state index in [-0.39, 0.29) is 38.7 Å². The quantitative estimate of drug-likeness (QED) is 0.0236. The maximum absolute atomic E-state index is 12.6. The van der Waals surface area contributed by atoms with Gasteiger partial charge in [-0.25, -0.2) is 4.57 Å². The Hall–Kier alpha value is -3.11. The molecule has 11 heteroatoms. The molecular formula is C47H78NO9P. The van der Waals surface area contributed by atoms with Crippen LogP contribution in [0.25, 0.3) is 0 Å². The predicted octanol–water partition coefficient (Wildman–Crippen LogP) is 11.6. The third kappa shape index (κ3) is 42.5. The second-order valence-electron chi connectivity index (χ2n) is 14.1. The van der Waals surface area contributed by atoms with E-state index in [2.05, 4.69) is 92.0 Å². The fourth-order valence-corrected chi connectivity index (χ4v) is 5.98. The van der Waals surface area contributed by atoms with Crippen molar-refractivity contribution in [2.24, 2.45) is 5.73 Å². The fraction of sp³-hybridized carbons (Fsp3) is 0.617. The summed E-state index contributed by atoms with van der Waals surface area (Å²) >= 11 is 0. The third-order valence-corrected chi connectivity index (χ3v) is 9.45. The van der Waals surface area contributed by atoms with Gasteiger partial charge < -0.3 is 25.2 Å². The molecule has 4 N–H and O–H groups in total. The van der Waals surface area contributed by atoms with Gasteiger partial charge in [-0.05, 0) is 110 Å². The van der Waals surface area contributed by atoms with Crippen LogP contribution in [-0.2, 0) is 32.7 Å². The van der Waals surface area contributed by atoms with E-state index < -0.39 is 32.5 Å². The van der Waals surface area contributed by atoms with Crippen molar-refractivity contribution in [2.45, 2.75) is 161 Å². The number of esters is 2. The van der Waals surface area contributed by atoms with Crippen molar-refractivity contribution in [2.75, 3.05) is 26.4 Å². The average molecular weight is 832 g/mol. The summed E-state index contributed by atoms with van der Waals surface area (Å²) in [5.74, 6) is -0.958. The van der Waals surface area contributed by atoms with Gasteiger partial charge in [-0.2, -0.15) is 0 Å². The van der Waals surface area contributed by atoms with Crippen LogP contribution in [0.5, 0.6) is 0 Å². The van der Waals surface area contributed by atoms with Gasteiger partial charge in [0.1, 0.15) is 6.61 Å². The van der Waals surface area contributed by atoms with Crippen molar-refractivity contribution in [3.8, 4) is 0 Å². The molecule has 0 radical (unpaired) electrons. The van der Waals surface area contributed by atoms with Crippen LogP contribution in [0.4, 0.5) is 0 Å². The van der Waals surface area contributed by atoms with E-state index in [1.165, 1.54) is 25.7 Å². The minimum atomic E-state index is -4.41. The Bertz CT molecular complexity index is 1280. The highest BCUT2D eigenvalue weighted by Gasteiger charge is 2.25. The standard InChI is InChI=1S/C47H78NO9P/c1-3-4-5-6-7-8-9-10-11-12-13-14-17-20-23-26-29-32-35-38-46(50)54-42-45(43-56-58(52,53)55-41-40-48)57-47(51)39-36-33-30-27-24-21-18-15-16-19-22-25-28-31-34-37-44(2)49/h7-8,10-11,13-14,16,18-21,23,25,27-28,30,44-45,49H,3-6,9,12,15,17,22,24,26,29,31-43,48H2,1-2H3,(H,52,53)/b8-7-,11-10-,14-13-,19-16-,21-18-,23-20-,28-25-,30-27-/t44-,45+/m0/s1. The van der Waals surface area contributed by atoms with Gasteiger partial charge in [0.25, 0.3) is 0 Å². The summed E-state index contributed by atoms with van der Waals surface area (Å²) in [6, 6.07) is 0. The smallest absolute Gasteiger partial charge is 0.462 e. The van der Waals surface area contributed by atoms with Gasteiger partial charge in [-0.1, -0.05) is 123 Å². The van der Waals surface area contributed by atoms with E-state index in [0.29, 0.717) is 19.3 Å². The first-order valence-electron chi connectivity index (χ1n) is 21.7. The van der Waals surface area contributed by atoms with Crippen LogP contribution < -0.4 is 5.73 Å². The second-order valence-corrected chi connectivity index (χ2v) is 15.6. The predicted molar refractivity (Wildman–Crippen MR) is 239 cm³/mol. The Morgan fingerprint density at radius 2 is 1.03 bits per heavy atom. The van der Waals surface area contributed by atoms with Gasteiger partial charge in [0.2, 0.25) is 0 Å². The molecule has 10 nitrogen and oxygen atoms in total. The molecule has 0 saturated carbocycles. The highest BCUT2D eigenvalue weighted by Crippen LogP contribution is 2.43. The van der Waals surface area contributed by atoms with Crippen LogP contribution in [-0.4, -0.2) is 60.5 Å². The lowest BCUT2D eigenvalue weighted by molar-refractivity contribution is -0.161. The first kappa shape index (κ1) is 54.9. The van der Waals surface area contributed by atoms with Crippen LogP contribution >= 0.6 is 7.82 Å². The monoisotopic (exact) mass is 832 g/mol. The summed E-state index contributed by atoms with van der Waals surface area (Å²) in [6.07, 6.45) is 51.4. The summed E-state index contributed by atoms with van der Waals surface area (Å²) in [6.45, 7) is 3.11. The fourth-order valence-electron chi connectivity index (χ4n) is 5.22. The molecule has 0 aromatic rings. The number of hydrogen-bond acceptors (Lipinski definition) is 9. The molecule has 0 aromatic carbocycles. The van der Waals surface area contributed by atoms with Gasteiger partial charge in [-0.3, -0.25) is 18.6 Å². The zero-order valence-electron chi connectivity index (χ0n) is 35.8. The van der Waals surface area contributed by atoms with Crippen molar-refractivity contribution in [3.63, 3.8) is 0 Å². The molecule has 330 valence electrons. The molecule has 58 heavy (non-hydrogen) atoms. The summed E-state index contributed by atoms with van der Waals surface area (Å²) in [5.41, 5.74) is 5.34. The van der Waals surface area contributed by atoms with Crippen LogP contribution in [0.2, 0.25) is 0 Å². The molecule has 0 spiro atoms. The van der Waals surface area contributed by atoms with Gasteiger partial charge in [0, 0.05) is 19.4 Å². The number of allylic oxidation sites excluding steroid dienone is 16. The summed E-state index contributed by atoms with van der Waals surface area (Å²) in [4.78, 5) is 34.8. The average Bonchev–Trinajstić information content (AvgIpc) is 3.20. The number of carbonyl (C=O) groups excluding carboxylic acids is 2. The summed E-state index contributed by atoms with van der Waals surface area (Å²) in [7, 11) is -4.41. The molecule has 0 amide bonds. The maximum atomic E-state index is 12.6. The van der Waals surface area contributed by atoms with Gasteiger partial charge in [0.15, 0.2) is 6.10 Å². The highest BCUT2D eigenvalue weighted by molar-refractivity contribution is 7.47. The molecule has 1 unspecified atom stereocenters. The molecule has 0 aliphatic carbocycles. The number of aliphatic hydroxyl groups is 1. The van der Waals surface area contributed by atoms with E-state index in [4.69, 9.17) is 24.3 Å². The minimum Gasteiger partial charge on any atom is -0.462 e.